The van der Waals surface area contributed by atoms with E-state index in [2.05, 4.69) is 4.98 Å². The highest BCUT2D eigenvalue weighted by Crippen LogP contribution is 2.30. The Labute approximate surface area is 98.5 Å². The Morgan fingerprint density at radius 1 is 1.44 bits per heavy atom. The van der Waals surface area contributed by atoms with Crippen molar-refractivity contribution in [1.82, 2.24) is 4.98 Å². The zero-order valence-electron chi connectivity index (χ0n) is 9.18. The molecule has 0 saturated carbocycles. The van der Waals surface area contributed by atoms with Gasteiger partial charge in [-0.3, -0.25) is 0 Å². The summed E-state index contributed by atoms with van der Waals surface area (Å²) in [6, 6.07) is 5.62. The third-order valence-electron chi connectivity index (χ3n) is 2.27. The molecule has 1 atom stereocenters. The first kappa shape index (κ1) is 11.2. The second-order valence-electron chi connectivity index (χ2n) is 3.55. The molecule has 1 N–H and O–H groups in total. The van der Waals surface area contributed by atoms with Gasteiger partial charge in [-0.1, -0.05) is 11.8 Å². The average molecular weight is 235 g/mol. The van der Waals surface area contributed by atoms with Crippen molar-refractivity contribution in [3.8, 4) is 0 Å². The van der Waals surface area contributed by atoms with Gasteiger partial charge in [0.25, 0.3) is 0 Å². The SMILES string of the molecule is Cc1occc1Sc1cc([C@H](C)O)ccn1. The third-order valence-corrected chi connectivity index (χ3v) is 3.34. The van der Waals surface area contributed by atoms with E-state index in [4.69, 9.17) is 4.42 Å². The highest BCUT2D eigenvalue weighted by molar-refractivity contribution is 7.99. The van der Waals surface area contributed by atoms with Crippen molar-refractivity contribution in [1.29, 1.82) is 0 Å². The molecule has 0 aromatic carbocycles. The fraction of sp³-hybridized carbons (Fsp3) is 0.250. The summed E-state index contributed by atoms with van der Waals surface area (Å²) >= 11 is 1.54. The van der Waals surface area contributed by atoms with E-state index in [1.807, 2.05) is 25.1 Å². The van der Waals surface area contributed by atoms with Gasteiger partial charge in [-0.2, -0.15) is 0 Å². The topological polar surface area (TPSA) is 46.3 Å². The Morgan fingerprint density at radius 3 is 2.88 bits per heavy atom. The first-order valence-corrected chi connectivity index (χ1v) is 5.84. The summed E-state index contributed by atoms with van der Waals surface area (Å²) in [4.78, 5) is 5.30. The summed E-state index contributed by atoms with van der Waals surface area (Å²) in [6.45, 7) is 3.66. The van der Waals surface area contributed by atoms with E-state index in [1.54, 1.807) is 19.4 Å². The molecule has 16 heavy (non-hydrogen) atoms. The molecule has 0 unspecified atom stereocenters. The van der Waals surface area contributed by atoms with E-state index in [0.717, 1.165) is 21.2 Å². The Balaban J connectivity index is 2.22. The number of nitrogens with zero attached hydrogens (tertiary/aromatic N) is 1. The lowest BCUT2D eigenvalue weighted by Gasteiger charge is -2.05. The summed E-state index contributed by atoms with van der Waals surface area (Å²) in [5.41, 5.74) is 0.874. The molecular weight excluding hydrogens is 222 g/mol. The first-order valence-electron chi connectivity index (χ1n) is 5.03. The maximum absolute atomic E-state index is 9.47. The minimum absolute atomic E-state index is 0.465. The Bertz CT molecular complexity index is 479. The Morgan fingerprint density at radius 2 is 2.25 bits per heavy atom. The van der Waals surface area contributed by atoms with Crippen LogP contribution >= 0.6 is 11.8 Å². The summed E-state index contributed by atoms with van der Waals surface area (Å²) in [6.07, 6.45) is 2.91. The predicted molar refractivity (Wildman–Crippen MR) is 62.4 cm³/mol. The molecule has 4 heteroatoms. The molecule has 0 fully saturated rings. The lowest BCUT2D eigenvalue weighted by molar-refractivity contribution is 0.199. The maximum atomic E-state index is 9.47. The van der Waals surface area contributed by atoms with E-state index >= 15 is 0 Å². The van der Waals surface area contributed by atoms with Crippen LogP contribution in [0.25, 0.3) is 0 Å². The van der Waals surface area contributed by atoms with Gasteiger partial charge in [0.2, 0.25) is 0 Å². The molecule has 0 aliphatic heterocycles. The number of hydrogen-bond acceptors (Lipinski definition) is 4. The molecule has 0 bridgehead atoms. The number of hydrogen-bond donors (Lipinski definition) is 1. The molecule has 2 aromatic rings. The van der Waals surface area contributed by atoms with E-state index in [0.29, 0.717) is 0 Å². The molecule has 3 nitrogen and oxygen atoms in total. The van der Waals surface area contributed by atoms with Crippen LogP contribution < -0.4 is 0 Å². The van der Waals surface area contributed by atoms with Gasteiger partial charge in [0.05, 0.1) is 17.3 Å². The van der Waals surface area contributed by atoms with E-state index in [9.17, 15) is 5.11 Å². The fourth-order valence-electron chi connectivity index (χ4n) is 1.33. The van der Waals surface area contributed by atoms with Crippen LogP contribution in [0, 0.1) is 6.92 Å². The number of aliphatic hydroxyl groups is 1. The van der Waals surface area contributed by atoms with Crippen molar-refractivity contribution in [2.24, 2.45) is 0 Å². The monoisotopic (exact) mass is 235 g/mol. The van der Waals surface area contributed by atoms with Crippen LogP contribution in [0.15, 0.2) is 45.0 Å². The van der Waals surface area contributed by atoms with Crippen molar-refractivity contribution in [2.45, 2.75) is 29.9 Å². The van der Waals surface area contributed by atoms with Gasteiger partial charge in [0.1, 0.15) is 10.8 Å². The van der Waals surface area contributed by atoms with Crippen LogP contribution in [0.4, 0.5) is 0 Å². The van der Waals surface area contributed by atoms with Crippen molar-refractivity contribution >= 4 is 11.8 Å². The standard InChI is InChI=1S/C12H13NO2S/c1-8(14)10-3-5-13-12(7-10)16-11-4-6-15-9(11)2/h3-8,14H,1-2H3/t8-/m0/s1. The number of aryl methyl sites for hydroxylation is 1. The van der Waals surface area contributed by atoms with Gasteiger partial charge in [0.15, 0.2) is 0 Å². The van der Waals surface area contributed by atoms with Crippen molar-refractivity contribution in [3.63, 3.8) is 0 Å². The van der Waals surface area contributed by atoms with Crippen molar-refractivity contribution in [2.75, 3.05) is 0 Å². The van der Waals surface area contributed by atoms with E-state index in [-0.39, 0.29) is 0 Å². The summed E-state index contributed by atoms with van der Waals surface area (Å²) in [7, 11) is 0. The highest BCUT2D eigenvalue weighted by Gasteiger charge is 2.07. The number of rotatable bonds is 3. The second kappa shape index (κ2) is 4.72. The molecule has 2 heterocycles. The van der Waals surface area contributed by atoms with Crippen molar-refractivity contribution in [3.05, 3.63) is 42.0 Å². The molecule has 0 amide bonds. The maximum Gasteiger partial charge on any atom is 0.114 e. The smallest absolute Gasteiger partial charge is 0.114 e. The van der Waals surface area contributed by atoms with Gasteiger partial charge < -0.3 is 9.52 Å². The quantitative estimate of drug-likeness (QED) is 0.887. The van der Waals surface area contributed by atoms with Gasteiger partial charge in [-0.05, 0) is 37.6 Å². The molecule has 0 spiro atoms. The van der Waals surface area contributed by atoms with Crippen LogP contribution in [0.5, 0.6) is 0 Å². The van der Waals surface area contributed by atoms with Crippen LogP contribution in [0.1, 0.15) is 24.4 Å². The van der Waals surface area contributed by atoms with Crippen LogP contribution in [0.2, 0.25) is 0 Å². The van der Waals surface area contributed by atoms with Gasteiger partial charge in [-0.25, -0.2) is 4.98 Å². The molecular formula is C12H13NO2S. The number of aromatic nitrogens is 1. The molecule has 0 radical (unpaired) electrons. The summed E-state index contributed by atoms with van der Waals surface area (Å²) in [5.74, 6) is 0.884. The Hall–Kier alpha value is -1.26. The lowest BCUT2D eigenvalue weighted by Crippen LogP contribution is -1.92. The zero-order valence-corrected chi connectivity index (χ0v) is 9.99. The first-order chi connectivity index (χ1) is 7.66. The van der Waals surface area contributed by atoms with Crippen LogP contribution in [-0.4, -0.2) is 10.1 Å². The highest BCUT2D eigenvalue weighted by atomic mass is 32.2. The third kappa shape index (κ3) is 2.46. The molecule has 0 aliphatic carbocycles. The Kier molecular flexibility index (Phi) is 3.31. The van der Waals surface area contributed by atoms with Gasteiger partial charge >= 0.3 is 0 Å². The van der Waals surface area contributed by atoms with Crippen molar-refractivity contribution < 1.29 is 9.52 Å². The number of aliphatic hydroxyl groups excluding tert-OH is 1. The summed E-state index contributed by atoms with van der Waals surface area (Å²) in [5, 5.41) is 10.3. The van der Waals surface area contributed by atoms with E-state index < -0.39 is 6.10 Å². The van der Waals surface area contributed by atoms with Crippen LogP contribution in [0.3, 0.4) is 0 Å². The van der Waals surface area contributed by atoms with E-state index in [1.165, 1.54) is 11.8 Å². The molecule has 2 rings (SSSR count). The normalized spacial score (nSPS) is 12.7. The molecule has 84 valence electrons. The number of pyridine rings is 1. The minimum atomic E-state index is -0.465. The molecule has 2 aromatic heterocycles. The van der Waals surface area contributed by atoms with Crippen LogP contribution in [-0.2, 0) is 0 Å². The summed E-state index contributed by atoms with van der Waals surface area (Å²) < 4.78 is 5.22. The zero-order chi connectivity index (χ0) is 11.5. The predicted octanol–water partition coefficient (Wildman–Crippen LogP) is 3.19. The van der Waals surface area contributed by atoms with Gasteiger partial charge in [-0.15, -0.1) is 0 Å². The molecule has 0 saturated heterocycles. The molecule has 0 aliphatic rings. The largest absolute Gasteiger partial charge is 0.468 e. The minimum Gasteiger partial charge on any atom is -0.468 e. The second-order valence-corrected chi connectivity index (χ2v) is 4.61. The average Bonchev–Trinajstić information content (AvgIpc) is 2.65. The van der Waals surface area contributed by atoms with Gasteiger partial charge in [0, 0.05) is 6.20 Å². The fourth-order valence-corrected chi connectivity index (χ4v) is 2.18. The lowest BCUT2D eigenvalue weighted by atomic mass is 10.2. The number of furan rings is 1.